The van der Waals surface area contributed by atoms with Crippen LogP contribution >= 0.6 is 0 Å². The zero-order valence-electron chi connectivity index (χ0n) is 9.24. The van der Waals surface area contributed by atoms with Gasteiger partial charge in [0, 0.05) is 20.7 Å². The van der Waals surface area contributed by atoms with Crippen LogP contribution in [0.25, 0.3) is 0 Å². The quantitative estimate of drug-likeness (QED) is 0.830. The summed E-state index contributed by atoms with van der Waals surface area (Å²) in [5, 5.41) is 8.94. The number of ether oxygens (including phenoxy) is 1. The van der Waals surface area contributed by atoms with E-state index in [-0.39, 0.29) is 11.3 Å². The lowest BCUT2D eigenvalue weighted by Crippen LogP contribution is -2.25. The van der Waals surface area contributed by atoms with Crippen LogP contribution in [0.3, 0.4) is 0 Å². The first-order valence-electron chi connectivity index (χ1n) is 4.79. The Kier molecular flexibility index (Phi) is 4.25. The van der Waals surface area contributed by atoms with Crippen LogP contribution < -0.4 is 4.90 Å². The Morgan fingerprint density at radius 1 is 1.56 bits per heavy atom. The van der Waals surface area contributed by atoms with Gasteiger partial charge in [-0.2, -0.15) is 0 Å². The molecule has 1 N–H and O–H groups in total. The fraction of sp³-hybridized carbons (Fsp3) is 0.364. The highest BCUT2D eigenvalue weighted by atomic mass is 19.1. The number of hydrogen-bond acceptors (Lipinski definition) is 3. The minimum Gasteiger partial charge on any atom is -0.478 e. The van der Waals surface area contributed by atoms with Gasteiger partial charge >= 0.3 is 5.97 Å². The highest BCUT2D eigenvalue weighted by molar-refractivity contribution is 5.94. The van der Waals surface area contributed by atoms with Crippen molar-refractivity contribution in [3.8, 4) is 0 Å². The largest absolute Gasteiger partial charge is 0.478 e. The Hall–Kier alpha value is -1.62. The molecule has 16 heavy (non-hydrogen) atoms. The smallest absolute Gasteiger partial charge is 0.337 e. The van der Waals surface area contributed by atoms with Gasteiger partial charge in [-0.15, -0.1) is 0 Å². The summed E-state index contributed by atoms with van der Waals surface area (Å²) < 4.78 is 18.4. The van der Waals surface area contributed by atoms with E-state index in [1.165, 1.54) is 30.2 Å². The van der Waals surface area contributed by atoms with Crippen molar-refractivity contribution < 1.29 is 19.0 Å². The molecule has 0 unspecified atom stereocenters. The minimum absolute atomic E-state index is 0.0430. The van der Waals surface area contributed by atoms with Gasteiger partial charge < -0.3 is 14.7 Å². The number of carboxylic acid groups (broad SMARTS) is 1. The van der Waals surface area contributed by atoms with Crippen molar-refractivity contribution in [3.63, 3.8) is 0 Å². The van der Waals surface area contributed by atoms with Crippen LogP contribution in [0, 0.1) is 5.82 Å². The molecule has 0 atom stereocenters. The molecule has 0 radical (unpaired) electrons. The molecule has 0 aliphatic heterocycles. The summed E-state index contributed by atoms with van der Waals surface area (Å²) in [6.45, 7) is 0.835. The van der Waals surface area contributed by atoms with E-state index in [9.17, 15) is 9.18 Å². The van der Waals surface area contributed by atoms with Gasteiger partial charge in [0.25, 0.3) is 0 Å². The molecule has 0 amide bonds. The molecule has 0 aliphatic carbocycles. The molecule has 1 aromatic carbocycles. The number of hydrogen-bond donors (Lipinski definition) is 1. The third-order valence-electron chi connectivity index (χ3n) is 2.23. The number of methoxy groups -OCH3 is 1. The topological polar surface area (TPSA) is 49.8 Å². The number of likely N-dealkylation sites (N-methyl/N-ethyl adjacent to an activating group) is 1. The van der Waals surface area contributed by atoms with Crippen LogP contribution in [-0.4, -0.2) is 38.4 Å². The van der Waals surface area contributed by atoms with E-state index in [1.807, 2.05) is 0 Å². The molecule has 4 nitrogen and oxygen atoms in total. The summed E-state index contributed by atoms with van der Waals surface area (Å²) in [5.74, 6) is -1.68. The maximum Gasteiger partial charge on any atom is 0.337 e. The van der Waals surface area contributed by atoms with E-state index in [4.69, 9.17) is 9.84 Å². The van der Waals surface area contributed by atoms with Gasteiger partial charge in [0.1, 0.15) is 5.82 Å². The van der Waals surface area contributed by atoms with Gasteiger partial charge in [0.05, 0.1) is 17.9 Å². The first kappa shape index (κ1) is 12.4. The van der Waals surface area contributed by atoms with Crippen molar-refractivity contribution in [1.82, 2.24) is 0 Å². The van der Waals surface area contributed by atoms with E-state index < -0.39 is 11.8 Å². The van der Waals surface area contributed by atoms with Crippen LogP contribution in [0.15, 0.2) is 18.2 Å². The molecule has 0 heterocycles. The maximum absolute atomic E-state index is 13.5. The van der Waals surface area contributed by atoms with Crippen LogP contribution in [0.4, 0.5) is 10.1 Å². The Morgan fingerprint density at radius 2 is 2.25 bits per heavy atom. The number of rotatable bonds is 5. The van der Waals surface area contributed by atoms with Gasteiger partial charge in [-0.05, 0) is 12.1 Å². The number of aromatic carboxylic acids is 1. The lowest BCUT2D eigenvalue weighted by Gasteiger charge is -2.21. The fourth-order valence-corrected chi connectivity index (χ4v) is 1.42. The SMILES string of the molecule is COCCN(C)c1c(F)cccc1C(=O)O. The average Bonchev–Trinajstić information content (AvgIpc) is 2.25. The summed E-state index contributed by atoms with van der Waals surface area (Å²) in [6, 6.07) is 4.00. The average molecular weight is 227 g/mol. The predicted octanol–water partition coefficient (Wildman–Crippen LogP) is 1.61. The number of para-hydroxylation sites is 1. The number of anilines is 1. The number of nitrogens with zero attached hydrogens (tertiary/aromatic N) is 1. The van der Waals surface area contributed by atoms with Crippen LogP contribution in [0.5, 0.6) is 0 Å². The third-order valence-corrected chi connectivity index (χ3v) is 2.23. The van der Waals surface area contributed by atoms with Crippen LogP contribution in [0.1, 0.15) is 10.4 Å². The van der Waals surface area contributed by atoms with Crippen molar-refractivity contribution in [1.29, 1.82) is 0 Å². The molecule has 0 spiro atoms. The molecule has 0 saturated carbocycles. The third kappa shape index (κ3) is 2.70. The standard InChI is InChI=1S/C11H14FNO3/c1-13(6-7-16-2)10-8(11(14)15)4-3-5-9(10)12/h3-5H,6-7H2,1-2H3,(H,14,15). The minimum atomic E-state index is -1.14. The zero-order valence-corrected chi connectivity index (χ0v) is 9.24. The molecule has 1 aromatic rings. The van der Waals surface area contributed by atoms with Crippen LogP contribution in [-0.2, 0) is 4.74 Å². The molecule has 0 fully saturated rings. The lowest BCUT2D eigenvalue weighted by molar-refractivity contribution is 0.0697. The van der Waals surface area contributed by atoms with Gasteiger partial charge in [0.2, 0.25) is 0 Å². The molecule has 0 bridgehead atoms. The van der Waals surface area contributed by atoms with Crippen molar-refractivity contribution in [2.75, 3.05) is 32.2 Å². The molecule has 0 aromatic heterocycles. The van der Waals surface area contributed by atoms with Gasteiger partial charge in [0.15, 0.2) is 0 Å². The monoisotopic (exact) mass is 227 g/mol. The molecule has 88 valence electrons. The Morgan fingerprint density at radius 3 is 2.81 bits per heavy atom. The van der Waals surface area contributed by atoms with E-state index in [2.05, 4.69) is 0 Å². The second-order valence-electron chi connectivity index (χ2n) is 3.36. The number of carbonyl (C=O) groups is 1. The van der Waals surface area contributed by atoms with Crippen molar-refractivity contribution in [3.05, 3.63) is 29.6 Å². The Balaban J connectivity index is 3.04. The lowest BCUT2D eigenvalue weighted by atomic mass is 10.1. The molecule has 5 heteroatoms. The van der Waals surface area contributed by atoms with Gasteiger partial charge in [-0.25, -0.2) is 9.18 Å². The van der Waals surface area contributed by atoms with Crippen molar-refractivity contribution in [2.24, 2.45) is 0 Å². The van der Waals surface area contributed by atoms with Gasteiger partial charge in [-0.1, -0.05) is 6.07 Å². The molecular formula is C11H14FNO3. The summed E-state index contributed by atoms with van der Waals surface area (Å²) in [6.07, 6.45) is 0. The van der Waals surface area contributed by atoms with Crippen molar-refractivity contribution in [2.45, 2.75) is 0 Å². The summed E-state index contributed by atoms with van der Waals surface area (Å²) in [5.41, 5.74) is 0.0469. The first-order valence-corrected chi connectivity index (χ1v) is 4.79. The maximum atomic E-state index is 13.5. The van der Waals surface area contributed by atoms with E-state index in [1.54, 1.807) is 7.05 Å². The molecule has 1 rings (SSSR count). The second kappa shape index (κ2) is 5.46. The molecular weight excluding hydrogens is 213 g/mol. The number of carboxylic acids is 1. The predicted molar refractivity (Wildman–Crippen MR) is 58.5 cm³/mol. The first-order chi connectivity index (χ1) is 7.57. The fourth-order valence-electron chi connectivity index (χ4n) is 1.42. The van der Waals surface area contributed by atoms with E-state index in [0.29, 0.717) is 13.2 Å². The highest BCUT2D eigenvalue weighted by Crippen LogP contribution is 2.23. The number of benzene rings is 1. The Bertz CT molecular complexity index is 381. The summed E-state index contributed by atoms with van der Waals surface area (Å²) in [4.78, 5) is 12.5. The van der Waals surface area contributed by atoms with Gasteiger partial charge in [-0.3, -0.25) is 0 Å². The molecule has 0 aliphatic rings. The van der Waals surface area contributed by atoms with Crippen LogP contribution in [0.2, 0.25) is 0 Å². The summed E-state index contributed by atoms with van der Waals surface area (Å²) >= 11 is 0. The zero-order chi connectivity index (χ0) is 12.1. The summed E-state index contributed by atoms with van der Waals surface area (Å²) in [7, 11) is 3.16. The number of halogens is 1. The Labute approximate surface area is 93.3 Å². The second-order valence-corrected chi connectivity index (χ2v) is 3.36. The van der Waals surface area contributed by atoms with E-state index >= 15 is 0 Å². The van der Waals surface area contributed by atoms with E-state index in [0.717, 1.165) is 0 Å². The molecule has 0 saturated heterocycles. The van der Waals surface area contributed by atoms with Crippen molar-refractivity contribution >= 4 is 11.7 Å². The highest BCUT2D eigenvalue weighted by Gasteiger charge is 2.17. The normalized spacial score (nSPS) is 10.2.